The molecular formula is C19H21N3O4. The number of aromatic amines is 1. The van der Waals surface area contributed by atoms with E-state index in [9.17, 15) is 15.2 Å². The molecule has 7 nitrogen and oxygen atoms in total. The molecule has 3 rings (SSSR count). The van der Waals surface area contributed by atoms with Gasteiger partial charge in [-0.2, -0.15) is 0 Å². The molecule has 1 aromatic heterocycles. The summed E-state index contributed by atoms with van der Waals surface area (Å²) < 4.78 is 5.04. The summed E-state index contributed by atoms with van der Waals surface area (Å²) in [7, 11) is 1.41. The van der Waals surface area contributed by atoms with Crippen molar-refractivity contribution in [3.05, 3.63) is 63.3 Å². The number of nitro groups is 1. The first kappa shape index (κ1) is 17.8. The van der Waals surface area contributed by atoms with Crippen molar-refractivity contribution in [3.8, 4) is 11.5 Å². The van der Waals surface area contributed by atoms with Crippen LogP contribution in [0, 0.1) is 17.0 Å². The molecule has 7 heteroatoms. The number of hydrogen-bond acceptors (Lipinski definition) is 5. The van der Waals surface area contributed by atoms with Crippen LogP contribution in [0.5, 0.6) is 11.5 Å². The number of benzene rings is 2. The van der Waals surface area contributed by atoms with Crippen molar-refractivity contribution < 1.29 is 14.8 Å². The van der Waals surface area contributed by atoms with E-state index in [0.29, 0.717) is 18.7 Å². The number of rotatable bonds is 7. The van der Waals surface area contributed by atoms with Crippen molar-refractivity contribution in [2.45, 2.75) is 19.9 Å². The van der Waals surface area contributed by atoms with E-state index in [1.807, 2.05) is 18.3 Å². The highest BCUT2D eigenvalue weighted by Gasteiger charge is 2.18. The van der Waals surface area contributed by atoms with Crippen LogP contribution < -0.4 is 10.1 Å². The Morgan fingerprint density at radius 3 is 2.85 bits per heavy atom. The predicted molar refractivity (Wildman–Crippen MR) is 99.8 cm³/mol. The molecule has 0 unspecified atom stereocenters. The van der Waals surface area contributed by atoms with E-state index in [0.717, 1.165) is 18.0 Å². The number of aromatic hydroxyl groups is 1. The fraction of sp³-hybridized carbons (Fsp3) is 0.263. The summed E-state index contributed by atoms with van der Waals surface area (Å²) in [5.74, 6) is -0.0168. The SMILES string of the molecule is COc1cc(CNCCc2c[nH]c3cccc(C)c23)c([N+](=O)[O-])cc1O. The number of phenolic OH excluding ortho intramolecular Hbond substituents is 1. The lowest BCUT2D eigenvalue weighted by Crippen LogP contribution is -2.17. The Morgan fingerprint density at radius 2 is 2.12 bits per heavy atom. The number of fused-ring (bicyclic) bond motifs is 1. The highest BCUT2D eigenvalue weighted by atomic mass is 16.6. The Kier molecular flexibility index (Phi) is 5.09. The molecule has 3 aromatic rings. The van der Waals surface area contributed by atoms with Gasteiger partial charge in [-0.05, 0) is 43.1 Å². The van der Waals surface area contributed by atoms with Crippen molar-refractivity contribution >= 4 is 16.6 Å². The van der Waals surface area contributed by atoms with Gasteiger partial charge in [0.15, 0.2) is 11.5 Å². The van der Waals surface area contributed by atoms with Crippen LogP contribution >= 0.6 is 0 Å². The van der Waals surface area contributed by atoms with Gasteiger partial charge in [0.05, 0.1) is 18.1 Å². The van der Waals surface area contributed by atoms with Crippen LogP contribution in [0.25, 0.3) is 10.9 Å². The molecule has 0 saturated carbocycles. The molecule has 2 aromatic carbocycles. The minimum absolute atomic E-state index is 0.126. The number of hydrogen-bond donors (Lipinski definition) is 3. The third kappa shape index (κ3) is 3.48. The van der Waals surface area contributed by atoms with Gasteiger partial charge in [-0.15, -0.1) is 0 Å². The van der Waals surface area contributed by atoms with E-state index in [4.69, 9.17) is 4.74 Å². The molecule has 0 aliphatic carbocycles. The van der Waals surface area contributed by atoms with Gasteiger partial charge >= 0.3 is 0 Å². The number of H-pyrrole nitrogens is 1. The standard InChI is InChI=1S/C19H21N3O4/c1-12-4-3-5-15-19(12)13(11-21-15)6-7-20-10-14-8-18(26-2)17(23)9-16(14)22(24)25/h3-5,8-9,11,20-21,23H,6-7,10H2,1-2H3. The largest absolute Gasteiger partial charge is 0.504 e. The lowest BCUT2D eigenvalue weighted by molar-refractivity contribution is -0.385. The third-order valence-electron chi connectivity index (χ3n) is 4.46. The molecule has 136 valence electrons. The first-order valence-corrected chi connectivity index (χ1v) is 8.32. The number of methoxy groups -OCH3 is 1. The van der Waals surface area contributed by atoms with Crippen LogP contribution in [0.1, 0.15) is 16.7 Å². The first-order valence-electron chi connectivity index (χ1n) is 8.32. The van der Waals surface area contributed by atoms with Crippen LogP contribution in [-0.2, 0) is 13.0 Å². The van der Waals surface area contributed by atoms with Gasteiger partial charge in [-0.3, -0.25) is 10.1 Å². The van der Waals surface area contributed by atoms with E-state index in [-0.39, 0.29) is 17.2 Å². The molecule has 0 aliphatic rings. The van der Waals surface area contributed by atoms with Crippen molar-refractivity contribution in [1.29, 1.82) is 0 Å². The monoisotopic (exact) mass is 355 g/mol. The zero-order chi connectivity index (χ0) is 18.7. The summed E-state index contributed by atoms with van der Waals surface area (Å²) in [6.45, 7) is 3.06. The van der Waals surface area contributed by atoms with E-state index in [1.165, 1.54) is 29.7 Å². The number of aryl methyl sites for hydroxylation is 1. The highest BCUT2D eigenvalue weighted by Crippen LogP contribution is 2.33. The molecule has 0 fully saturated rings. The third-order valence-corrected chi connectivity index (χ3v) is 4.46. The maximum absolute atomic E-state index is 11.2. The summed E-state index contributed by atoms with van der Waals surface area (Å²) in [6.07, 6.45) is 2.80. The van der Waals surface area contributed by atoms with Crippen LogP contribution in [-0.4, -0.2) is 28.7 Å². The van der Waals surface area contributed by atoms with Crippen LogP contribution in [0.15, 0.2) is 36.5 Å². The van der Waals surface area contributed by atoms with Crippen molar-refractivity contribution in [2.24, 2.45) is 0 Å². The summed E-state index contributed by atoms with van der Waals surface area (Å²) in [6, 6.07) is 8.77. The summed E-state index contributed by atoms with van der Waals surface area (Å²) in [5.41, 5.74) is 3.89. The van der Waals surface area contributed by atoms with Crippen LogP contribution in [0.3, 0.4) is 0 Å². The molecule has 0 bridgehead atoms. The number of phenols is 1. The van der Waals surface area contributed by atoms with Gasteiger partial charge < -0.3 is 20.1 Å². The van der Waals surface area contributed by atoms with E-state index in [1.54, 1.807) is 0 Å². The molecule has 0 aliphatic heterocycles. The van der Waals surface area contributed by atoms with Gasteiger partial charge in [-0.1, -0.05) is 12.1 Å². The maximum Gasteiger partial charge on any atom is 0.277 e. The molecular weight excluding hydrogens is 334 g/mol. The topological polar surface area (TPSA) is 100 Å². The molecule has 0 radical (unpaired) electrons. The summed E-state index contributed by atoms with van der Waals surface area (Å²) in [4.78, 5) is 14.0. The van der Waals surface area contributed by atoms with Crippen molar-refractivity contribution in [1.82, 2.24) is 10.3 Å². The second kappa shape index (κ2) is 7.45. The lowest BCUT2D eigenvalue weighted by Gasteiger charge is -2.09. The average Bonchev–Trinajstić information content (AvgIpc) is 3.03. The van der Waals surface area contributed by atoms with Gasteiger partial charge in [0, 0.05) is 29.2 Å². The molecule has 0 spiro atoms. The lowest BCUT2D eigenvalue weighted by atomic mass is 10.1. The van der Waals surface area contributed by atoms with E-state index in [2.05, 4.69) is 23.3 Å². The molecule has 3 N–H and O–H groups in total. The second-order valence-electron chi connectivity index (χ2n) is 6.15. The Balaban J connectivity index is 1.69. The molecule has 0 saturated heterocycles. The van der Waals surface area contributed by atoms with Gasteiger partial charge in [-0.25, -0.2) is 0 Å². The Morgan fingerprint density at radius 1 is 1.31 bits per heavy atom. The highest BCUT2D eigenvalue weighted by molar-refractivity contribution is 5.86. The van der Waals surface area contributed by atoms with Gasteiger partial charge in [0.2, 0.25) is 0 Å². The van der Waals surface area contributed by atoms with Crippen molar-refractivity contribution in [2.75, 3.05) is 13.7 Å². The van der Waals surface area contributed by atoms with Crippen LogP contribution in [0.4, 0.5) is 5.69 Å². The molecule has 26 heavy (non-hydrogen) atoms. The fourth-order valence-corrected chi connectivity index (χ4v) is 3.17. The maximum atomic E-state index is 11.2. The average molecular weight is 355 g/mol. The zero-order valence-electron chi connectivity index (χ0n) is 14.7. The zero-order valence-corrected chi connectivity index (χ0v) is 14.7. The fourth-order valence-electron chi connectivity index (χ4n) is 3.17. The Hall–Kier alpha value is -3.06. The number of aromatic nitrogens is 1. The minimum Gasteiger partial charge on any atom is -0.504 e. The molecule has 0 atom stereocenters. The predicted octanol–water partition coefficient (Wildman–Crippen LogP) is 3.43. The van der Waals surface area contributed by atoms with E-state index >= 15 is 0 Å². The molecule has 1 heterocycles. The first-order chi connectivity index (χ1) is 12.5. The normalized spacial score (nSPS) is 11.0. The quantitative estimate of drug-likeness (QED) is 0.342. The Bertz CT molecular complexity index is 949. The summed E-state index contributed by atoms with van der Waals surface area (Å²) >= 11 is 0. The number of nitro benzene ring substituents is 1. The summed E-state index contributed by atoms with van der Waals surface area (Å²) in [5, 5.41) is 25.4. The van der Waals surface area contributed by atoms with E-state index < -0.39 is 4.92 Å². The van der Waals surface area contributed by atoms with Crippen LogP contribution in [0.2, 0.25) is 0 Å². The smallest absolute Gasteiger partial charge is 0.277 e. The number of nitrogens with zero attached hydrogens (tertiary/aromatic N) is 1. The van der Waals surface area contributed by atoms with Gasteiger partial charge in [0.1, 0.15) is 0 Å². The minimum atomic E-state index is -0.501. The second-order valence-corrected chi connectivity index (χ2v) is 6.15. The number of ether oxygens (including phenoxy) is 1. The molecule has 0 amide bonds. The number of nitrogens with one attached hydrogen (secondary N) is 2. The Labute approximate surface area is 150 Å². The van der Waals surface area contributed by atoms with Gasteiger partial charge in [0.25, 0.3) is 5.69 Å². The van der Waals surface area contributed by atoms with Crippen molar-refractivity contribution in [3.63, 3.8) is 0 Å².